The number of likely N-dealkylation sites (N-methyl/N-ethyl adjacent to an activating group) is 1. The Morgan fingerprint density at radius 2 is 1.90 bits per heavy atom. The van der Waals surface area contributed by atoms with Gasteiger partial charge in [-0.05, 0) is 31.9 Å². The van der Waals surface area contributed by atoms with E-state index in [9.17, 15) is 14.4 Å². The highest BCUT2D eigenvalue weighted by Gasteiger charge is 2.57. The summed E-state index contributed by atoms with van der Waals surface area (Å²) in [6.07, 6.45) is -0.660. The van der Waals surface area contributed by atoms with E-state index in [1.807, 2.05) is 0 Å². The summed E-state index contributed by atoms with van der Waals surface area (Å²) < 4.78 is 4.96. The van der Waals surface area contributed by atoms with Crippen molar-refractivity contribution in [3.63, 3.8) is 0 Å². The summed E-state index contributed by atoms with van der Waals surface area (Å²) >= 11 is 0. The maximum Gasteiger partial charge on any atom is 0.328 e. The fourth-order valence-corrected chi connectivity index (χ4v) is 4.64. The molecular weight excluding hydrogens is 386 g/mol. The third-order valence-electron chi connectivity index (χ3n) is 6.04. The number of carbonyl (C=O) groups is 3. The van der Waals surface area contributed by atoms with Crippen LogP contribution in [0.2, 0.25) is 0 Å². The van der Waals surface area contributed by atoms with Gasteiger partial charge in [-0.15, -0.1) is 0 Å². The van der Waals surface area contributed by atoms with Crippen molar-refractivity contribution < 1.29 is 19.1 Å². The molecule has 1 N–H and O–H groups in total. The molecule has 3 aliphatic rings. The van der Waals surface area contributed by atoms with Crippen molar-refractivity contribution in [2.24, 2.45) is 5.92 Å². The fourth-order valence-electron chi connectivity index (χ4n) is 4.64. The van der Waals surface area contributed by atoms with Gasteiger partial charge in [-0.25, -0.2) is 4.79 Å². The van der Waals surface area contributed by atoms with E-state index < -0.39 is 24.2 Å². The highest BCUT2D eigenvalue weighted by atomic mass is 16.5. The third-order valence-corrected chi connectivity index (χ3v) is 6.04. The van der Waals surface area contributed by atoms with E-state index in [1.165, 1.54) is 10.5 Å². The molecule has 0 aliphatic carbocycles. The van der Waals surface area contributed by atoms with Gasteiger partial charge in [0.2, 0.25) is 0 Å². The average molecular weight is 415 g/mol. The first kappa shape index (κ1) is 20.6. The minimum Gasteiger partial charge on any atom is -0.465 e. The number of amides is 3. The van der Waals surface area contributed by atoms with Crippen LogP contribution in [0.4, 0.5) is 10.5 Å². The minimum absolute atomic E-state index is 0.204. The Hall–Kier alpha value is -2.65. The van der Waals surface area contributed by atoms with Crippen LogP contribution in [0.1, 0.15) is 19.4 Å². The molecule has 3 aliphatic heterocycles. The van der Waals surface area contributed by atoms with Crippen LogP contribution >= 0.6 is 0 Å². The van der Waals surface area contributed by atoms with E-state index in [-0.39, 0.29) is 25.3 Å². The summed E-state index contributed by atoms with van der Waals surface area (Å²) in [4.78, 5) is 45.0. The van der Waals surface area contributed by atoms with Gasteiger partial charge in [-0.1, -0.05) is 24.6 Å². The van der Waals surface area contributed by atoms with Gasteiger partial charge in [0.25, 0.3) is 5.91 Å². The Morgan fingerprint density at radius 3 is 2.57 bits per heavy atom. The summed E-state index contributed by atoms with van der Waals surface area (Å²) in [7, 11) is 1.66. The third kappa shape index (κ3) is 3.41. The number of ether oxygens (including phenoxy) is 1. The molecule has 0 bridgehead atoms. The number of imide groups is 1. The Kier molecular flexibility index (Phi) is 5.42. The van der Waals surface area contributed by atoms with Crippen molar-refractivity contribution in [2.45, 2.75) is 39.3 Å². The van der Waals surface area contributed by atoms with Crippen LogP contribution in [0, 0.1) is 12.8 Å². The van der Waals surface area contributed by atoms with Gasteiger partial charge in [0.1, 0.15) is 25.0 Å². The first-order chi connectivity index (χ1) is 14.3. The number of nitrogens with one attached hydrogen (secondary N) is 1. The molecule has 3 amide bonds. The number of aryl methyl sites for hydroxylation is 1. The second-order valence-corrected chi connectivity index (χ2v) is 8.34. The summed E-state index contributed by atoms with van der Waals surface area (Å²) in [5.74, 6) is -0.608. The number of nitrogens with zero attached hydrogens (tertiary/aromatic N) is 4. The van der Waals surface area contributed by atoms with E-state index in [0.29, 0.717) is 5.92 Å². The molecule has 3 heterocycles. The summed E-state index contributed by atoms with van der Waals surface area (Å²) in [6, 6.07) is 7.27. The number of rotatable bonds is 4. The zero-order valence-electron chi connectivity index (χ0n) is 17.9. The zero-order valence-corrected chi connectivity index (χ0v) is 17.9. The Labute approximate surface area is 176 Å². The number of hydrogen-bond donors (Lipinski definition) is 1. The maximum atomic E-state index is 13.3. The molecule has 3 fully saturated rings. The van der Waals surface area contributed by atoms with E-state index >= 15 is 0 Å². The van der Waals surface area contributed by atoms with Gasteiger partial charge in [0.15, 0.2) is 0 Å². The lowest BCUT2D eigenvalue weighted by Gasteiger charge is -2.45. The fraction of sp³-hybridized carbons (Fsp3) is 0.571. The van der Waals surface area contributed by atoms with E-state index in [1.54, 1.807) is 14.0 Å². The molecule has 0 aromatic heterocycles. The molecule has 9 heteroatoms. The van der Waals surface area contributed by atoms with Crippen LogP contribution in [-0.4, -0.2) is 84.4 Å². The number of benzene rings is 1. The van der Waals surface area contributed by atoms with Gasteiger partial charge in [0.05, 0.1) is 6.61 Å². The van der Waals surface area contributed by atoms with Gasteiger partial charge >= 0.3 is 12.0 Å². The Balaban J connectivity index is 1.63. The SMILES string of the molecule is CCOC(=O)CN1C(=O)C2C(NC3N(c4ccc(C)cc4)CC(C)CN23)N(C)C1=O. The lowest BCUT2D eigenvalue weighted by atomic mass is 10.0. The molecule has 9 nitrogen and oxygen atoms in total. The molecule has 4 atom stereocenters. The molecule has 1 aromatic carbocycles. The number of carbonyl (C=O) groups excluding carboxylic acids is 3. The lowest BCUT2D eigenvalue weighted by Crippen LogP contribution is -2.67. The van der Waals surface area contributed by atoms with Gasteiger partial charge in [-0.2, -0.15) is 0 Å². The number of anilines is 1. The number of esters is 1. The summed E-state index contributed by atoms with van der Waals surface area (Å²) in [5.41, 5.74) is 2.25. The van der Waals surface area contributed by atoms with Crippen LogP contribution in [0.3, 0.4) is 0 Å². The van der Waals surface area contributed by atoms with Crippen molar-refractivity contribution >= 4 is 23.6 Å². The minimum atomic E-state index is -0.582. The quantitative estimate of drug-likeness (QED) is 0.728. The van der Waals surface area contributed by atoms with Crippen LogP contribution in [0.15, 0.2) is 24.3 Å². The van der Waals surface area contributed by atoms with Gasteiger partial charge < -0.3 is 14.5 Å². The van der Waals surface area contributed by atoms with Crippen molar-refractivity contribution in [2.75, 3.05) is 38.2 Å². The molecule has 4 rings (SSSR count). The van der Waals surface area contributed by atoms with Crippen LogP contribution in [0.25, 0.3) is 0 Å². The Bertz CT molecular complexity index is 844. The first-order valence-electron chi connectivity index (χ1n) is 10.4. The predicted molar refractivity (Wildman–Crippen MR) is 110 cm³/mol. The molecule has 0 spiro atoms. The molecule has 1 aromatic rings. The molecule has 3 saturated heterocycles. The van der Waals surface area contributed by atoms with Crippen LogP contribution in [0.5, 0.6) is 0 Å². The lowest BCUT2D eigenvalue weighted by molar-refractivity contribution is -0.151. The van der Waals surface area contributed by atoms with Crippen molar-refractivity contribution in [1.29, 1.82) is 0 Å². The average Bonchev–Trinajstić information content (AvgIpc) is 3.09. The molecule has 30 heavy (non-hydrogen) atoms. The van der Waals surface area contributed by atoms with Crippen molar-refractivity contribution in [3.8, 4) is 0 Å². The van der Waals surface area contributed by atoms with E-state index in [0.717, 1.165) is 23.7 Å². The second kappa shape index (κ2) is 7.88. The largest absolute Gasteiger partial charge is 0.465 e. The highest BCUT2D eigenvalue weighted by Crippen LogP contribution is 2.34. The number of urea groups is 1. The molecule has 0 radical (unpaired) electrons. The van der Waals surface area contributed by atoms with E-state index in [4.69, 9.17) is 4.74 Å². The van der Waals surface area contributed by atoms with Crippen molar-refractivity contribution in [3.05, 3.63) is 29.8 Å². The maximum absolute atomic E-state index is 13.3. The molecule has 162 valence electrons. The van der Waals surface area contributed by atoms with Gasteiger partial charge in [0, 0.05) is 25.8 Å². The number of fused-ring (bicyclic) bond motifs is 3. The van der Waals surface area contributed by atoms with Gasteiger partial charge in [-0.3, -0.25) is 24.7 Å². The molecule has 4 unspecified atom stereocenters. The second-order valence-electron chi connectivity index (χ2n) is 8.34. The standard InChI is InChI=1S/C21H29N5O4/c1-5-30-16(27)12-26-19(28)17-18(23(4)21(26)29)22-20-24(10-14(3)11-25(17)20)15-8-6-13(2)7-9-15/h6-9,14,17-18,20,22H,5,10-12H2,1-4H3. The highest BCUT2D eigenvalue weighted by molar-refractivity contribution is 6.02. The molecule has 0 saturated carbocycles. The van der Waals surface area contributed by atoms with E-state index in [2.05, 4.69) is 53.2 Å². The Morgan fingerprint density at radius 1 is 1.20 bits per heavy atom. The smallest absolute Gasteiger partial charge is 0.328 e. The predicted octanol–water partition coefficient (Wildman–Crippen LogP) is 0.792. The summed E-state index contributed by atoms with van der Waals surface area (Å²) in [5, 5.41) is 3.48. The van der Waals surface area contributed by atoms with Crippen molar-refractivity contribution in [1.82, 2.24) is 20.0 Å². The van der Waals surface area contributed by atoms with Crippen LogP contribution < -0.4 is 10.2 Å². The zero-order chi connectivity index (χ0) is 21.6. The normalized spacial score (nSPS) is 29.1. The topological polar surface area (TPSA) is 85.4 Å². The molecular formula is C21H29N5O4. The monoisotopic (exact) mass is 415 g/mol. The van der Waals surface area contributed by atoms with Crippen LogP contribution in [-0.2, 0) is 14.3 Å². The summed E-state index contributed by atoms with van der Waals surface area (Å²) in [6.45, 7) is 7.31. The first-order valence-corrected chi connectivity index (χ1v) is 10.4. The number of hydrogen-bond acceptors (Lipinski definition) is 7.